The second-order valence-electron chi connectivity index (χ2n) is 10.9. The average Bonchev–Trinajstić information content (AvgIpc) is 3.29. The van der Waals surface area contributed by atoms with Crippen molar-refractivity contribution in [1.29, 1.82) is 0 Å². The predicted octanol–water partition coefficient (Wildman–Crippen LogP) is 1.16. The minimum atomic E-state index is -2.72. The van der Waals surface area contributed by atoms with Crippen molar-refractivity contribution < 1.29 is 34.2 Å². The van der Waals surface area contributed by atoms with Crippen LogP contribution in [0.2, 0.25) is 0 Å². The minimum absolute atomic E-state index is 0.00878. The molecule has 0 saturated heterocycles. The van der Waals surface area contributed by atoms with Crippen molar-refractivity contribution in [1.82, 2.24) is 4.90 Å². The zero-order valence-electron chi connectivity index (χ0n) is 21.4. The van der Waals surface area contributed by atoms with Gasteiger partial charge in [-0.15, -0.1) is 0 Å². The van der Waals surface area contributed by atoms with E-state index < -0.39 is 64.4 Å². The Morgan fingerprint density at radius 1 is 1.13 bits per heavy atom. The van der Waals surface area contributed by atoms with Gasteiger partial charge in [0.2, 0.25) is 5.91 Å². The topological polar surface area (TPSA) is 155 Å². The van der Waals surface area contributed by atoms with Crippen LogP contribution in [-0.4, -0.2) is 69.9 Å². The number of allylic oxidation sites excluding steroid dienone is 6. The van der Waals surface area contributed by atoms with Gasteiger partial charge in [0.15, 0.2) is 34.7 Å². The largest absolute Gasteiger partial charge is 0.507 e. The highest BCUT2D eigenvalue weighted by Gasteiger charge is 2.69. The molecule has 1 aromatic carbocycles. The van der Waals surface area contributed by atoms with Crippen molar-refractivity contribution in [2.75, 3.05) is 14.1 Å². The predicted molar refractivity (Wildman–Crippen MR) is 137 cm³/mol. The maximum Gasteiger partial charge on any atom is 0.235 e. The summed E-state index contributed by atoms with van der Waals surface area (Å²) in [6, 6.07) is 2.06. The fourth-order valence-corrected chi connectivity index (χ4v) is 6.96. The molecule has 0 aromatic heterocycles. The number of rotatable bonds is 4. The minimum Gasteiger partial charge on any atom is -0.507 e. The van der Waals surface area contributed by atoms with Crippen molar-refractivity contribution in [2.45, 2.75) is 37.8 Å². The number of amides is 1. The summed E-state index contributed by atoms with van der Waals surface area (Å²) in [4.78, 5) is 67.8. The molecule has 0 spiro atoms. The molecule has 6 atom stereocenters. The van der Waals surface area contributed by atoms with E-state index in [2.05, 4.69) is 0 Å². The molecule has 1 amide bonds. The van der Waals surface area contributed by atoms with Gasteiger partial charge in [-0.2, -0.15) is 0 Å². The molecule has 0 bridgehead atoms. The van der Waals surface area contributed by atoms with E-state index in [1.54, 1.807) is 20.2 Å². The number of ketones is 4. The first-order valence-electron chi connectivity index (χ1n) is 12.7. The molecule has 2 saturated carbocycles. The van der Waals surface area contributed by atoms with Crippen molar-refractivity contribution in [3.05, 3.63) is 58.7 Å². The lowest BCUT2D eigenvalue weighted by Gasteiger charge is -2.52. The van der Waals surface area contributed by atoms with E-state index in [-0.39, 0.29) is 24.2 Å². The van der Waals surface area contributed by atoms with E-state index in [0.717, 1.165) is 16.7 Å². The number of hydrogen-bond donors (Lipinski definition) is 3. The Bertz CT molecular complexity index is 1400. The second kappa shape index (κ2) is 8.96. The molecule has 0 radical (unpaired) electrons. The Labute approximate surface area is 219 Å². The molecule has 4 aliphatic rings. The summed E-state index contributed by atoms with van der Waals surface area (Å²) >= 11 is 0. The van der Waals surface area contributed by atoms with Gasteiger partial charge in [-0.05, 0) is 74.5 Å². The molecule has 9 heteroatoms. The Balaban J connectivity index is 1.61. The van der Waals surface area contributed by atoms with E-state index in [9.17, 15) is 34.2 Å². The van der Waals surface area contributed by atoms with Crippen LogP contribution >= 0.6 is 0 Å². The number of hydrogen-bond acceptors (Lipinski definition) is 8. The molecular formula is C29H30N2O7. The van der Waals surface area contributed by atoms with Crippen LogP contribution in [0.5, 0.6) is 5.75 Å². The van der Waals surface area contributed by atoms with Crippen LogP contribution in [0, 0.1) is 23.7 Å². The Morgan fingerprint density at radius 3 is 2.47 bits per heavy atom. The Kier molecular flexibility index (Phi) is 6.11. The number of likely N-dealkylation sites (N-methyl/N-ethyl adjacent to an activating group) is 1. The van der Waals surface area contributed by atoms with E-state index in [4.69, 9.17) is 5.73 Å². The van der Waals surface area contributed by atoms with Gasteiger partial charge in [0.25, 0.3) is 0 Å². The number of carbonyl (C=O) groups excluding carboxylic acids is 5. The van der Waals surface area contributed by atoms with Crippen LogP contribution in [0.1, 0.15) is 41.3 Å². The van der Waals surface area contributed by atoms with Crippen LogP contribution < -0.4 is 5.73 Å². The number of phenols is 1. The quantitative estimate of drug-likeness (QED) is 0.502. The number of fused-ring (bicyclic) bond motifs is 3. The number of aromatic hydroxyl groups is 1. The van der Waals surface area contributed by atoms with E-state index in [1.807, 2.05) is 31.2 Å². The molecule has 1 aromatic rings. The third-order valence-corrected chi connectivity index (χ3v) is 8.56. The third-order valence-electron chi connectivity index (χ3n) is 8.56. The van der Waals surface area contributed by atoms with Crippen molar-refractivity contribution in [3.8, 4) is 5.75 Å². The Hall–Kier alpha value is -3.69. The number of nitrogens with two attached hydrogens (primary N) is 1. The monoisotopic (exact) mass is 518 g/mol. The third kappa shape index (κ3) is 3.49. The summed E-state index contributed by atoms with van der Waals surface area (Å²) in [6.07, 6.45) is 8.80. The van der Waals surface area contributed by atoms with Gasteiger partial charge in [0.05, 0.1) is 17.5 Å². The van der Waals surface area contributed by atoms with Gasteiger partial charge in [-0.3, -0.25) is 28.9 Å². The van der Waals surface area contributed by atoms with Gasteiger partial charge >= 0.3 is 0 Å². The lowest BCUT2D eigenvalue weighted by Crippen LogP contribution is -2.74. The number of primary amides is 1. The molecular weight excluding hydrogens is 488 g/mol. The average molecular weight is 519 g/mol. The maximum atomic E-state index is 13.9. The summed E-state index contributed by atoms with van der Waals surface area (Å²) in [5, 5.41) is 22.3. The second-order valence-corrected chi connectivity index (χ2v) is 10.9. The smallest absolute Gasteiger partial charge is 0.235 e. The first-order valence-corrected chi connectivity index (χ1v) is 12.7. The fraction of sp³-hybridized carbons (Fsp3) is 0.414. The summed E-state index contributed by atoms with van der Waals surface area (Å²) in [5.74, 6) is -10.4. The summed E-state index contributed by atoms with van der Waals surface area (Å²) in [5.41, 5.74) is 6.11. The summed E-state index contributed by atoms with van der Waals surface area (Å²) < 4.78 is 0. The SMILES string of the molecule is CC=CC1=CC=C(c2ccc(O)c3c2C[C@H]2C[C@H]4[C@H](N(C)C)C(=O)C(C(N)=O)C(=O)[C@@]4(O)C(=O)C2C3=O)C1. The summed E-state index contributed by atoms with van der Waals surface area (Å²) in [6.45, 7) is 1.93. The number of benzene rings is 1. The zero-order valence-corrected chi connectivity index (χ0v) is 21.4. The highest BCUT2D eigenvalue weighted by molar-refractivity contribution is 6.32. The standard InChI is InChI=1S/C29H30N2O7/c1-4-5-13-6-7-14(10-13)16-8-9-19(32)21-17(16)11-15-12-18-23(31(2)3)25(34)22(28(30)37)27(36)29(18,38)26(35)20(15)24(21)33/h4-9,15,18,20,22-23,32,38H,10-12H2,1-3H3,(H2,30,37)/t15-,18-,20?,22?,23-,29-/m0/s1. The number of Topliss-reactive ketones (excluding diaryl/α,β-unsaturated/α-hetero) is 4. The normalized spacial score (nSPS) is 32.7. The molecule has 2 fully saturated rings. The summed E-state index contributed by atoms with van der Waals surface area (Å²) in [7, 11) is 3.12. The first-order chi connectivity index (χ1) is 17.9. The van der Waals surface area contributed by atoms with Crippen LogP contribution in [0.25, 0.3) is 5.57 Å². The van der Waals surface area contributed by atoms with E-state index >= 15 is 0 Å². The van der Waals surface area contributed by atoms with Crippen LogP contribution in [0.15, 0.2) is 42.0 Å². The maximum absolute atomic E-state index is 13.9. The highest BCUT2D eigenvalue weighted by atomic mass is 16.3. The van der Waals surface area contributed by atoms with Crippen molar-refractivity contribution >= 4 is 34.6 Å². The van der Waals surface area contributed by atoms with Gasteiger partial charge in [0, 0.05) is 5.92 Å². The molecule has 9 nitrogen and oxygen atoms in total. The van der Waals surface area contributed by atoms with Gasteiger partial charge < -0.3 is 15.9 Å². The van der Waals surface area contributed by atoms with E-state index in [0.29, 0.717) is 12.0 Å². The molecule has 0 aliphatic heterocycles. The number of phenolic OH excluding ortho intramolecular Hbond substituents is 1. The zero-order chi connectivity index (χ0) is 27.7. The molecule has 2 unspecified atom stereocenters. The van der Waals surface area contributed by atoms with Crippen molar-refractivity contribution in [3.63, 3.8) is 0 Å². The molecule has 5 rings (SSSR count). The van der Waals surface area contributed by atoms with Crippen LogP contribution in [-0.2, 0) is 25.6 Å². The Morgan fingerprint density at radius 2 is 1.84 bits per heavy atom. The van der Waals surface area contributed by atoms with Gasteiger partial charge in [-0.1, -0.05) is 30.4 Å². The van der Waals surface area contributed by atoms with Gasteiger partial charge in [-0.25, -0.2) is 0 Å². The van der Waals surface area contributed by atoms with E-state index in [1.165, 1.54) is 11.0 Å². The first kappa shape index (κ1) is 25.9. The molecule has 0 heterocycles. The van der Waals surface area contributed by atoms with Gasteiger partial charge in [0.1, 0.15) is 5.75 Å². The van der Waals surface area contributed by atoms with Crippen LogP contribution in [0.3, 0.4) is 0 Å². The fourth-order valence-electron chi connectivity index (χ4n) is 6.96. The molecule has 4 N–H and O–H groups in total. The lowest BCUT2D eigenvalue weighted by atomic mass is 9.52. The number of carbonyl (C=O) groups is 5. The number of aliphatic hydroxyl groups is 1. The van der Waals surface area contributed by atoms with Crippen LogP contribution in [0.4, 0.5) is 0 Å². The van der Waals surface area contributed by atoms with Crippen molar-refractivity contribution in [2.24, 2.45) is 29.4 Å². The molecule has 38 heavy (non-hydrogen) atoms. The molecule has 198 valence electrons. The molecule has 4 aliphatic carbocycles. The lowest BCUT2D eigenvalue weighted by molar-refractivity contribution is -0.181. The number of nitrogens with zero attached hydrogens (tertiary/aromatic N) is 1. The highest BCUT2D eigenvalue weighted by Crippen LogP contribution is 2.51.